The Labute approximate surface area is 147 Å². The van der Waals surface area contributed by atoms with E-state index in [0.29, 0.717) is 42.6 Å². The second-order valence-electron chi connectivity index (χ2n) is 5.69. The van der Waals surface area contributed by atoms with Gasteiger partial charge in [-0.1, -0.05) is 18.2 Å². The molecular weight excluding hydrogens is 322 g/mol. The summed E-state index contributed by atoms with van der Waals surface area (Å²) in [6.07, 6.45) is -0.702. The highest BCUT2D eigenvalue weighted by molar-refractivity contribution is 5.73. The highest BCUT2D eigenvalue weighted by atomic mass is 16.5. The number of aromatic hydroxyl groups is 1. The lowest BCUT2D eigenvalue weighted by Crippen LogP contribution is -2.33. The lowest BCUT2D eigenvalue weighted by molar-refractivity contribution is 0.106. The monoisotopic (exact) mass is 347 g/mol. The molecule has 0 radical (unpaired) electrons. The van der Waals surface area contributed by atoms with Gasteiger partial charge in [-0.2, -0.15) is 0 Å². The fraction of sp³-hybridized carbons (Fsp3) is 0.333. The normalized spacial score (nSPS) is 11.9. The van der Waals surface area contributed by atoms with Gasteiger partial charge < -0.3 is 36.5 Å². The van der Waals surface area contributed by atoms with E-state index < -0.39 is 6.10 Å². The van der Waals surface area contributed by atoms with E-state index in [4.69, 9.17) is 20.9 Å². The van der Waals surface area contributed by atoms with Gasteiger partial charge in [0.25, 0.3) is 0 Å². The molecule has 0 saturated carbocycles. The molecule has 7 N–H and O–H groups in total. The number of anilines is 2. The zero-order valence-corrected chi connectivity index (χ0v) is 14.2. The first-order chi connectivity index (χ1) is 12.0. The number of ether oxygens (including phenoxy) is 2. The van der Waals surface area contributed by atoms with Gasteiger partial charge in [0.05, 0.1) is 11.4 Å². The summed E-state index contributed by atoms with van der Waals surface area (Å²) >= 11 is 0. The molecule has 136 valence electrons. The molecule has 0 bridgehead atoms. The number of nitrogens with one attached hydrogen (secondary N) is 1. The van der Waals surface area contributed by atoms with E-state index in [1.165, 1.54) is 0 Å². The second kappa shape index (κ2) is 9.00. The standard InChI is InChI=1S/C18H25N3O4/c1-12-6-7-16(18(20)17(12)19)25-11-13(22)10-21-8-9-24-15-5-3-2-4-14(15)23/h2-7,13,21-23H,8-11,19-20H2,1H3. The van der Waals surface area contributed by atoms with Gasteiger partial charge >= 0.3 is 0 Å². The average molecular weight is 347 g/mol. The van der Waals surface area contributed by atoms with Crippen molar-refractivity contribution in [3.05, 3.63) is 42.0 Å². The van der Waals surface area contributed by atoms with Crippen LogP contribution < -0.4 is 26.3 Å². The molecule has 0 amide bonds. The van der Waals surface area contributed by atoms with Gasteiger partial charge in [-0.15, -0.1) is 0 Å². The molecule has 0 aliphatic heterocycles. The molecule has 25 heavy (non-hydrogen) atoms. The molecule has 0 aliphatic carbocycles. The number of phenols is 1. The van der Waals surface area contributed by atoms with Crippen LogP contribution in [-0.4, -0.2) is 42.6 Å². The minimum Gasteiger partial charge on any atom is -0.504 e. The summed E-state index contributed by atoms with van der Waals surface area (Å²) in [5.41, 5.74) is 13.5. The predicted molar refractivity (Wildman–Crippen MR) is 98.0 cm³/mol. The Morgan fingerprint density at radius 2 is 1.80 bits per heavy atom. The number of aliphatic hydroxyl groups excluding tert-OH is 1. The number of aryl methyl sites for hydroxylation is 1. The van der Waals surface area contributed by atoms with Crippen LogP contribution in [0, 0.1) is 6.92 Å². The van der Waals surface area contributed by atoms with E-state index in [0.717, 1.165) is 5.56 Å². The summed E-state index contributed by atoms with van der Waals surface area (Å²) in [4.78, 5) is 0. The second-order valence-corrected chi connectivity index (χ2v) is 5.69. The number of hydrogen-bond donors (Lipinski definition) is 5. The zero-order valence-electron chi connectivity index (χ0n) is 14.2. The SMILES string of the molecule is Cc1ccc(OCC(O)CNCCOc2ccccc2O)c(N)c1N. The van der Waals surface area contributed by atoms with Crippen molar-refractivity contribution in [3.8, 4) is 17.2 Å². The maximum Gasteiger partial charge on any atom is 0.160 e. The maximum absolute atomic E-state index is 9.95. The van der Waals surface area contributed by atoms with Crippen molar-refractivity contribution < 1.29 is 19.7 Å². The lowest BCUT2D eigenvalue weighted by atomic mass is 10.1. The Morgan fingerprint density at radius 1 is 1.04 bits per heavy atom. The third kappa shape index (κ3) is 5.44. The number of para-hydroxylation sites is 2. The smallest absolute Gasteiger partial charge is 0.160 e. The van der Waals surface area contributed by atoms with Crippen molar-refractivity contribution in [1.82, 2.24) is 5.32 Å². The van der Waals surface area contributed by atoms with Crippen LogP contribution in [0.25, 0.3) is 0 Å². The third-order valence-electron chi connectivity index (χ3n) is 3.68. The molecule has 7 heteroatoms. The van der Waals surface area contributed by atoms with Crippen molar-refractivity contribution in [3.63, 3.8) is 0 Å². The fourth-order valence-electron chi connectivity index (χ4n) is 2.18. The van der Waals surface area contributed by atoms with Crippen LogP contribution in [0.4, 0.5) is 11.4 Å². The van der Waals surface area contributed by atoms with E-state index in [1.54, 1.807) is 30.3 Å². The van der Waals surface area contributed by atoms with Crippen LogP contribution >= 0.6 is 0 Å². The largest absolute Gasteiger partial charge is 0.504 e. The van der Waals surface area contributed by atoms with Crippen LogP contribution in [0.5, 0.6) is 17.2 Å². The molecule has 0 fully saturated rings. The fourth-order valence-corrected chi connectivity index (χ4v) is 2.18. The average Bonchev–Trinajstić information content (AvgIpc) is 2.60. The zero-order chi connectivity index (χ0) is 18.2. The summed E-state index contributed by atoms with van der Waals surface area (Å²) in [6.45, 7) is 3.19. The Hall–Kier alpha value is -2.64. The summed E-state index contributed by atoms with van der Waals surface area (Å²) in [5, 5.41) is 22.6. The molecule has 7 nitrogen and oxygen atoms in total. The summed E-state index contributed by atoms with van der Waals surface area (Å²) < 4.78 is 10.9. The third-order valence-corrected chi connectivity index (χ3v) is 3.68. The number of aliphatic hydroxyl groups is 1. The minimum absolute atomic E-state index is 0.0973. The first kappa shape index (κ1) is 18.7. The van der Waals surface area contributed by atoms with E-state index >= 15 is 0 Å². The number of phenolic OH excluding ortho intramolecular Hbond substituents is 1. The van der Waals surface area contributed by atoms with Crippen LogP contribution in [-0.2, 0) is 0 Å². The van der Waals surface area contributed by atoms with E-state index in [1.807, 2.05) is 13.0 Å². The van der Waals surface area contributed by atoms with Crippen molar-refractivity contribution >= 4 is 11.4 Å². The predicted octanol–water partition coefficient (Wildman–Crippen LogP) is 1.27. The minimum atomic E-state index is -0.702. The maximum atomic E-state index is 9.95. The number of hydrogen-bond acceptors (Lipinski definition) is 7. The molecule has 0 heterocycles. The molecular formula is C18H25N3O4. The number of nitrogen functional groups attached to an aromatic ring is 2. The first-order valence-electron chi connectivity index (χ1n) is 8.06. The Kier molecular flexibility index (Phi) is 6.73. The van der Waals surface area contributed by atoms with Crippen molar-refractivity contribution in [1.29, 1.82) is 0 Å². The van der Waals surface area contributed by atoms with Crippen molar-refractivity contribution in [2.75, 3.05) is 37.8 Å². The highest BCUT2D eigenvalue weighted by Crippen LogP contribution is 2.30. The molecule has 0 aliphatic rings. The summed E-state index contributed by atoms with van der Waals surface area (Å²) in [7, 11) is 0. The van der Waals surface area contributed by atoms with Gasteiger partial charge in [0.1, 0.15) is 25.1 Å². The summed E-state index contributed by atoms with van der Waals surface area (Å²) in [5.74, 6) is 0.997. The molecule has 0 aromatic heterocycles. The van der Waals surface area contributed by atoms with Crippen LogP contribution in [0.15, 0.2) is 36.4 Å². The highest BCUT2D eigenvalue weighted by Gasteiger charge is 2.10. The van der Waals surface area contributed by atoms with Crippen LogP contribution in [0.2, 0.25) is 0 Å². The molecule has 1 unspecified atom stereocenters. The topological polar surface area (TPSA) is 123 Å². The molecule has 0 spiro atoms. The molecule has 0 saturated heterocycles. The van der Waals surface area contributed by atoms with Gasteiger partial charge in [0, 0.05) is 13.1 Å². The van der Waals surface area contributed by atoms with Crippen molar-refractivity contribution in [2.45, 2.75) is 13.0 Å². The quantitative estimate of drug-likeness (QED) is 0.342. The van der Waals surface area contributed by atoms with Gasteiger partial charge in [-0.05, 0) is 30.7 Å². The van der Waals surface area contributed by atoms with Crippen LogP contribution in [0.1, 0.15) is 5.56 Å². The lowest BCUT2D eigenvalue weighted by Gasteiger charge is -2.16. The number of nitrogens with two attached hydrogens (primary N) is 2. The number of benzene rings is 2. The molecule has 2 aromatic carbocycles. The van der Waals surface area contributed by atoms with Gasteiger partial charge in [0.2, 0.25) is 0 Å². The summed E-state index contributed by atoms with van der Waals surface area (Å²) in [6, 6.07) is 10.3. The van der Waals surface area contributed by atoms with E-state index in [2.05, 4.69) is 5.32 Å². The van der Waals surface area contributed by atoms with E-state index in [-0.39, 0.29) is 12.4 Å². The molecule has 2 rings (SSSR count). The van der Waals surface area contributed by atoms with Crippen molar-refractivity contribution in [2.24, 2.45) is 0 Å². The van der Waals surface area contributed by atoms with Gasteiger partial charge in [-0.25, -0.2) is 0 Å². The van der Waals surface area contributed by atoms with Crippen LogP contribution in [0.3, 0.4) is 0 Å². The van der Waals surface area contributed by atoms with Gasteiger partial charge in [-0.3, -0.25) is 0 Å². The first-order valence-corrected chi connectivity index (χ1v) is 8.06. The van der Waals surface area contributed by atoms with Gasteiger partial charge in [0.15, 0.2) is 11.5 Å². The molecule has 2 aromatic rings. The Balaban J connectivity index is 1.65. The molecule has 1 atom stereocenters. The Morgan fingerprint density at radius 3 is 2.56 bits per heavy atom. The van der Waals surface area contributed by atoms with E-state index in [9.17, 15) is 10.2 Å². The number of rotatable bonds is 9. The Bertz CT molecular complexity index is 694.